The van der Waals surface area contributed by atoms with E-state index in [1.54, 1.807) is 13.3 Å². The molecule has 1 saturated carbocycles. The zero-order valence-electron chi connectivity index (χ0n) is 9.31. The number of hydrogen-bond acceptors (Lipinski definition) is 3. The summed E-state index contributed by atoms with van der Waals surface area (Å²) in [7, 11) is 1.62. The quantitative estimate of drug-likeness (QED) is 0.805. The first-order chi connectivity index (χ1) is 7.27. The van der Waals surface area contributed by atoms with Crippen LogP contribution in [0.1, 0.15) is 38.0 Å². The molecule has 0 amide bonds. The predicted molar refractivity (Wildman–Crippen MR) is 56.8 cm³/mol. The maximum atomic E-state index is 10.1. The summed E-state index contributed by atoms with van der Waals surface area (Å²) in [6.07, 6.45) is 4.52. The Balaban J connectivity index is 2.26. The van der Waals surface area contributed by atoms with Crippen molar-refractivity contribution in [3.63, 3.8) is 0 Å². The molecule has 0 saturated heterocycles. The average molecular weight is 210 g/mol. The molecule has 4 heteroatoms. The van der Waals surface area contributed by atoms with Gasteiger partial charge < -0.3 is 9.84 Å². The van der Waals surface area contributed by atoms with Gasteiger partial charge in [0.1, 0.15) is 11.8 Å². The topological polar surface area (TPSA) is 47.3 Å². The van der Waals surface area contributed by atoms with Gasteiger partial charge >= 0.3 is 0 Å². The first-order valence-corrected chi connectivity index (χ1v) is 5.55. The molecule has 1 fully saturated rings. The van der Waals surface area contributed by atoms with Crippen LogP contribution in [-0.2, 0) is 6.54 Å². The molecule has 1 atom stereocenters. The summed E-state index contributed by atoms with van der Waals surface area (Å²) in [5, 5.41) is 14.4. The summed E-state index contributed by atoms with van der Waals surface area (Å²) in [6, 6.07) is 0. The molecule has 0 aliphatic heterocycles. The van der Waals surface area contributed by atoms with E-state index in [0.717, 1.165) is 31.5 Å². The van der Waals surface area contributed by atoms with Gasteiger partial charge in [-0.2, -0.15) is 5.10 Å². The van der Waals surface area contributed by atoms with Crippen molar-refractivity contribution in [2.75, 3.05) is 7.11 Å². The predicted octanol–water partition coefficient (Wildman–Crippen LogP) is 1.75. The SMILES string of the molecule is CCCn1ncc(OC)c1C(O)C1CC1. The van der Waals surface area contributed by atoms with Crippen LogP contribution in [-0.4, -0.2) is 22.0 Å². The van der Waals surface area contributed by atoms with E-state index in [1.165, 1.54) is 0 Å². The molecule has 1 aliphatic carbocycles. The number of methoxy groups -OCH3 is 1. The van der Waals surface area contributed by atoms with Gasteiger partial charge in [0.25, 0.3) is 0 Å². The monoisotopic (exact) mass is 210 g/mol. The van der Waals surface area contributed by atoms with Crippen LogP contribution in [0.25, 0.3) is 0 Å². The van der Waals surface area contributed by atoms with Crippen LogP contribution in [0.4, 0.5) is 0 Å². The summed E-state index contributed by atoms with van der Waals surface area (Å²) in [6.45, 7) is 2.93. The number of nitrogens with zero attached hydrogens (tertiary/aromatic N) is 2. The highest BCUT2D eigenvalue weighted by Gasteiger charge is 2.34. The molecule has 0 radical (unpaired) electrons. The maximum Gasteiger partial charge on any atom is 0.162 e. The van der Waals surface area contributed by atoms with Gasteiger partial charge in [0, 0.05) is 6.54 Å². The Hall–Kier alpha value is -1.03. The Morgan fingerprint density at radius 1 is 1.67 bits per heavy atom. The normalized spacial score (nSPS) is 17.8. The summed E-state index contributed by atoms with van der Waals surface area (Å²) >= 11 is 0. The van der Waals surface area contributed by atoms with Crippen molar-refractivity contribution in [3.8, 4) is 5.75 Å². The van der Waals surface area contributed by atoms with Crippen LogP contribution in [0.2, 0.25) is 0 Å². The first-order valence-electron chi connectivity index (χ1n) is 5.55. The Morgan fingerprint density at radius 2 is 2.40 bits per heavy atom. The smallest absolute Gasteiger partial charge is 0.162 e. The molecule has 1 aliphatic rings. The standard InChI is InChI=1S/C11H18N2O2/c1-3-6-13-10(9(15-2)7-12-13)11(14)8-4-5-8/h7-8,11,14H,3-6H2,1-2H3. The van der Waals surface area contributed by atoms with Crippen molar-refractivity contribution in [3.05, 3.63) is 11.9 Å². The number of aromatic nitrogens is 2. The molecule has 1 aromatic rings. The third-order valence-electron chi connectivity index (χ3n) is 2.85. The molecular formula is C11H18N2O2. The van der Waals surface area contributed by atoms with E-state index in [4.69, 9.17) is 4.74 Å². The van der Waals surface area contributed by atoms with Crippen LogP contribution < -0.4 is 4.74 Å². The third kappa shape index (κ3) is 2.00. The Kier molecular flexibility index (Phi) is 2.95. The minimum absolute atomic E-state index is 0.408. The number of hydrogen-bond donors (Lipinski definition) is 1. The molecule has 1 unspecified atom stereocenters. The van der Waals surface area contributed by atoms with Crippen molar-refractivity contribution in [1.82, 2.24) is 9.78 Å². The molecule has 0 aromatic carbocycles. The van der Waals surface area contributed by atoms with Crippen LogP contribution in [0.3, 0.4) is 0 Å². The van der Waals surface area contributed by atoms with Gasteiger partial charge in [-0.1, -0.05) is 6.92 Å². The highest BCUT2D eigenvalue weighted by Crippen LogP contribution is 2.43. The van der Waals surface area contributed by atoms with E-state index >= 15 is 0 Å². The van der Waals surface area contributed by atoms with Gasteiger partial charge in [0.15, 0.2) is 5.75 Å². The van der Waals surface area contributed by atoms with E-state index in [9.17, 15) is 5.11 Å². The van der Waals surface area contributed by atoms with Crippen molar-refractivity contribution >= 4 is 0 Å². The van der Waals surface area contributed by atoms with Gasteiger partial charge in [0.05, 0.1) is 13.3 Å². The maximum absolute atomic E-state index is 10.1. The molecule has 1 heterocycles. The molecule has 15 heavy (non-hydrogen) atoms. The average Bonchev–Trinajstić information content (AvgIpc) is 3.00. The third-order valence-corrected chi connectivity index (χ3v) is 2.85. The Bertz CT molecular complexity index is 331. The number of rotatable bonds is 5. The van der Waals surface area contributed by atoms with Crippen molar-refractivity contribution in [2.24, 2.45) is 5.92 Å². The number of aliphatic hydroxyl groups is 1. The second kappa shape index (κ2) is 4.23. The molecule has 1 aromatic heterocycles. The van der Waals surface area contributed by atoms with Gasteiger partial charge in [-0.05, 0) is 25.2 Å². The van der Waals surface area contributed by atoms with Crippen LogP contribution in [0.5, 0.6) is 5.75 Å². The van der Waals surface area contributed by atoms with E-state index in [0.29, 0.717) is 11.7 Å². The summed E-state index contributed by atoms with van der Waals surface area (Å²) in [5.41, 5.74) is 0.849. The Morgan fingerprint density at radius 3 is 2.93 bits per heavy atom. The van der Waals surface area contributed by atoms with Crippen molar-refractivity contribution < 1.29 is 9.84 Å². The van der Waals surface area contributed by atoms with E-state index < -0.39 is 6.10 Å². The van der Waals surface area contributed by atoms with Crippen LogP contribution in [0.15, 0.2) is 6.20 Å². The van der Waals surface area contributed by atoms with Crippen molar-refractivity contribution in [1.29, 1.82) is 0 Å². The van der Waals surface area contributed by atoms with Gasteiger partial charge in [0.2, 0.25) is 0 Å². The van der Waals surface area contributed by atoms with E-state index in [-0.39, 0.29) is 0 Å². The highest BCUT2D eigenvalue weighted by molar-refractivity contribution is 5.28. The molecule has 2 rings (SSSR count). The van der Waals surface area contributed by atoms with Gasteiger partial charge in [-0.3, -0.25) is 4.68 Å². The molecule has 0 spiro atoms. The lowest BCUT2D eigenvalue weighted by atomic mass is 10.1. The summed E-state index contributed by atoms with van der Waals surface area (Å²) < 4.78 is 7.09. The number of ether oxygens (including phenoxy) is 1. The largest absolute Gasteiger partial charge is 0.493 e. The Labute approximate surface area is 89.9 Å². The van der Waals surface area contributed by atoms with E-state index in [1.807, 2.05) is 4.68 Å². The second-order valence-corrected chi connectivity index (χ2v) is 4.10. The van der Waals surface area contributed by atoms with Crippen LogP contribution in [0, 0.1) is 5.92 Å². The molecule has 84 valence electrons. The lowest BCUT2D eigenvalue weighted by Gasteiger charge is -2.13. The van der Waals surface area contributed by atoms with Gasteiger partial charge in [-0.25, -0.2) is 0 Å². The highest BCUT2D eigenvalue weighted by atomic mass is 16.5. The summed E-state index contributed by atoms with van der Waals surface area (Å²) in [4.78, 5) is 0. The minimum Gasteiger partial charge on any atom is -0.493 e. The number of aryl methyl sites for hydroxylation is 1. The second-order valence-electron chi connectivity index (χ2n) is 4.10. The fourth-order valence-corrected chi connectivity index (χ4v) is 1.86. The fourth-order valence-electron chi connectivity index (χ4n) is 1.86. The molecule has 1 N–H and O–H groups in total. The lowest BCUT2D eigenvalue weighted by molar-refractivity contribution is 0.139. The van der Waals surface area contributed by atoms with Crippen molar-refractivity contribution in [2.45, 2.75) is 38.8 Å². The van der Waals surface area contributed by atoms with Gasteiger partial charge in [-0.15, -0.1) is 0 Å². The molecule has 0 bridgehead atoms. The first kappa shape index (κ1) is 10.5. The van der Waals surface area contributed by atoms with E-state index in [2.05, 4.69) is 12.0 Å². The number of aliphatic hydroxyl groups excluding tert-OH is 1. The lowest BCUT2D eigenvalue weighted by Crippen LogP contribution is -2.11. The minimum atomic E-state index is -0.408. The summed E-state index contributed by atoms with van der Waals surface area (Å²) in [5.74, 6) is 1.12. The fraction of sp³-hybridized carbons (Fsp3) is 0.727. The molecule has 4 nitrogen and oxygen atoms in total. The zero-order chi connectivity index (χ0) is 10.8. The van der Waals surface area contributed by atoms with Crippen LogP contribution >= 0.6 is 0 Å². The molecular weight excluding hydrogens is 192 g/mol. The zero-order valence-corrected chi connectivity index (χ0v) is 9.31.